The van der Waals surface area contributed by atoms with E-state index in [1.807, 2.05) is 0 Å². The van der Waals surface area contributed by atoms with Crippen LogP contribution in [0, 0.1) is 0 Å². The van der Waals surface area contributed by atoms with E-state index in [0.29, 0.717) is 5.82 Å². The van der Waals surface area contributed by atoms with E-state index in [9.17, 15) is 13.2 Å². The van der Waals surface area contributed by atoms with Gasteiger partial charge in [-0.25, -0.2) is 4.99 Å². The zero-order valence-corrected chi connectivity index (χ0v) is 11.1. The summed E-state index contributed by atoms with van der Waals surface area (Å²) in [6.07, 6.45) is -0.534. The summed E-state index contributed by atoms with van der Waals surface area (Å²) < 4.78 is 37.0. The van der Waals surface area contributed by atoms with E-state index in [0.717, 1.165) is 32.4 Å². The molecule has 0 amide bonds. The number of alkyl halides is 3. The molecule has 1 fully saturated rings. The minimum Gasteiger partial charge on any atom is -0.354 e. The summed E-state index contributed by atoms with van der Waals surface area (Å²) >= 11 is 0. The molecule has 0 aromatic rings. The molecule has 0 spiro atoms. The second-order valence-corrected chi connectivity index (χ2v) is 4.63. The third-order valence-electron chi connectivity index (χ3n) is 3.34. The van der Waals surface area contributed by atoms with Gasteiger partial charge in [0.1, 0.15) is 11.5 Å². The number of aliphatic imine (C=N–C) groups is 2. The average Bonchev–Trinajstić information content (AvgIpc) is 2.74. The van der Waals surface area contributed by atoms with Crippen LogP contribution >= 0.6 is 0 Å². The molecule has 0 saturated heterocycles. The monoisotopic (exact) mass is 276 g/mol. The molecular weight excluding hydrogens is 257 g/mol. The highest BCUT2D eigenvalue weighted by atomic mass is 19.4. The number of hydrogen-bond acceptors (Lipinski definition) is 4. The van der Waals surface area contributed by atoms with Gasteiger partial charge in [0.25, 0.3) is 0 Å². The predicted molar refractivity (Wildman–Crippen MR) is 70.2 cm³/mol. The molecule has 1 rings (SSSR count). The normalized spacial score (nSPS) is 25.6. The number of hydrogen-bond donors (Lipinski definition) is 1. The predicted octanol–water partition coefficient (Wildman–Crippen LogP) is 2.32. The van der Waals surface area contributed by atoms with Crippen molar-refractivity contribution in [1.29, 1.82) is 0 Å². The van der Waals surface area contributed by atoms with Gasteiger partial charge in [0.2, 0.25) is 0 Å². The fourth-order valence-electron chi connectivity index (χ4n) is 2.09. The van der Waals surface area contributed by atoms with Gasteiger partial charge in [0, 0.05) is 19.1 Å². The Hall–Kier alpha value is -1.37. The largest absolute Gasteiger partial charge is 0.429 e. The Morgan fingerprint density at radius 2 is 2.05 bits per heavy atom. The van der Waals surface area contributed by atoms with Gasteiger partial charge in [-0.2, -0.15) is 13.2 Å². The molecule has 4 nitrogen and oxygen atoms in total. The van der Waals surface area contributed by atoms with Crippen molar-refractivity contribution < 1.29 is 13.2 Å². The Bertz CT molecular complexity index is 387. The smallest absolute Gasteiger partial charge is 0.354 e. The second kappa shape index (κ2) is 6.18. The molecular formula is C12H19F3N4. The van der Waals surface area contributed by atoms with Gasteiger partial charge in [0.15, 0.2) is 0 Å². The molecule has 1 saturated carbocycles. The molecule has 19 heavy (non-hydrogen) atoms. The molecule has 0 unspecified atom stereocenters. The minimum absolute atomic E-state index is 0.00263. The first-order valence-corrected chi connectivity index (χ1v) is 6.04. The Kier molecular flexibility index (Phi) is 5.11. The minimum atomic E-state index is -4.43. The van der Waals surface area contributed by atoms with Crippen molar-refractivity contribution in [3.63, 3.8) is 0 Å². The lowest BCUT2D eigenvalue weighted by Crippen LogP contribution is -2.41. The van der Waals surface area contributed by atoms with Crippen LogP contribution < -0.4 is 5.73 Å². The van der Waals surface area contributed by atoms with E-state index in [-0.39, 0.29) is 12.1 Å². The van der Waals surface area contributed by atoms with E-state index < -0.39 is 11.9 Å². The summed E-state index contributed by atoms with van der Waals surface area (Å²) in [7, 11) is 1.74. The molecule has 0 aliphatic heterocycles. The Balaban J connectivity index is 2.85. The second-order valence-electron chi connectivity index (χ2n) is 4.63. The average molecular weight is 276 g/mol. The maximum Gasteiger partial charge on any atom is 0.429 e. The molecule has 108 valence electrons. The van der Waals surface area contributed by atoms with E-state index >= 15 is 0 Å². The molecule has 2 atom stereocenters. The van der Waals surface area contributed by atoms with E-state index in [1.165, 1.54) is 0 Å². The fraction of sp³-hybridized carbons (Fsp3) is 0.667. The van der Waals surface area contributed by atoms with Crippen LogP contribution in [0.2, 0.25) is 0 Å². The van der Waals surface area contributed by atoms with Gasteiger partial charge in [0.05, 0.1) is 6.20 Å². The molecule has 2 N–H and O–H groups in total. The number of nitrogens with zero attached hydrogens (tertiary/aromatic N) is 3. The Morgan fingerprint density at radius 3 is 2.47 bits per heavy atom. The number of likely N-dealkylation sites (N-methyl/N-ethyl adjacent to an activating group) is 1. The number of halogens is 3. The zero-order valence-electron chi connectivity index (χ0n) is 11.1. The summed E-state index contributed by atoms with van der Waals surface area (Å²) in [4.78, 5) is 8.87. The standard InChI is InChI=1S/C12H19F3N4/c1-8(12(13,14)15)18-7-11(17-2)19(3)10-6-4-5-9(10)16/h7,9-10H,2,4-6,16H2,1,3H3/b11-7+,18-8+/t9-,10-/m0/s1. The van der Waals surface area contributed by atoms with Crippen molar-refractivity contribution in [2.75, 3.05) is 7.05 Å². The molecule has 0 aromatic carbocycles. The van der Waals surface area contributed by atoms with Crippen LogP contribution in [0.5, 0.6) is 0 Å². The third-order valence-corrected chi connectivity index (χ3v) is 3.34. The van der Waals surface area contributed by atoms with Crippen LogP contribution in [-0.2, 0) is 0 Å². The van der Waals surface area contributed by atoms with E-state index in [2.05, 4.69) is 16.7 Å². The van der Waals surface area contributed by atoms with Crippen molar-refractivity contribution in [2.24, 2.45) is 15.7 Å². The fourth-order valence-corrected chi connectivity index (χ4v) is 2.09. The van der Waals surface area contributed by atoms with Crippen molar-refractivity contribution in [1.82, 2.24) is 4.90 Å². The lowest BCUT2D eigenvalue weighted by Gasteiger charge is -2.29. The van der Waals surface area contributed by atoms with Crippen molar-refractivity contribution in [3.05, 3.63) is 12.0 Å². The molecule has 1 aliphatic carbocycles. The van der Waals surface area contributed by atoms with Crippen LogP contribution in [0.15, 0.2) is 22.0 Å². The first-order valence-electron chi connectivity index (χ1n) is 6.04. The Labute approximate surface area is 110 Å². The summed E-state index contributed by atoms with van der Waals surface area (Å²) in [5, 5.41) is 0. The van der Waals surface area contributed by atoms with Gasteiger partial charge >= 0.3 is 6.18 Å². The topological polar surface area (TPSA) is 54.0 Å². The van der Waals surface area contributed by atoms with Gasteiger partial charge in [-0.05, 0) is 32.9 Å². The van der Waals surface area contributed by atoms with Crippen molar-refractivity contribution >= 4 is 12.4 Å². The zero-order chi connectivity index (χ0) is 14.6. The number of rotatable bonds is 4. The molecule has 0 heterocycles. The van der Waals surface area contributed by atoms with Crippen LogP contribution in [0.25, 0.3) is 0 Å². The summed E-state index contributed by atoms with van der Waals surface area (Å²) in [5.74, 6) is 0.297. The van der Waals surface area contributed by atoms with Crippen LogP contribution in [0.4, 0.5) is 13.2 Å². The van der Waals surface area contributed by atoms with Gasteiger partial charge in [-0.3, -0.25) is 4.99 Å². The SMILES string of the molecule is C=N/C(=C\N=C(/C)C(F)(F)F)N(C)[C@H]1CCC[C@@H]1N. The maximum atomic E-state index is 12.3. The maximum absolute atomic E-state index is 12.3. The molecule has 1 aliphatic rings. The summed E-state index contributed by atoms with van der Waals surface area (Å²) in [5.41, 5.74) is 5.03. The van der Waals surface area contributed by atoms with E-state index in [4.69, 9.17) is 5.73 Å². The highest BCUT2D eigenvalue weighted by Gasteiger charge is 2.32. The van der Waals surface area contributed by atoms with Crippen molar-refractivity contribution in [2.45, 2.75) is 44.4 Å². The highest BCUT2D eigenvalue weighted by Crippen LogP contribution is 2.25. The quantitative estimate of drug-likeness (QED) is 0.801. The lowest BCUT2D eigenvalue weighted by molar-refractivity contribution is -0.0591. The van der Waals surface area contributed by atoms with Crippen LogP contribution in [-0.4, -0.2) is 42.6 Å². The third kappa shape index (κ3) is 4.05. The Morgan fingerprint density at radius 1 is 1.42 bits per heavy atom. The van der Waals surface area contributed by atoms with Gasteiger partial charge in [-0.1, -0.05) is 0 Å². The molecule has 7 heteroatoms. The van der Waals surface area contributed by atoms with Gasteiger partial charge in [-0.15, -0.1) is 0 Å². The first kappa shape index (κ1) is 15.7. The lowest BCUT2D eigenvalue weighted by atomic mass is 10.1. The van der Waals surface area contributed by atoms with Gasteiger partial charge < -0.3 is 10.6 Å². The molecule has 0 aromatic heterocycles. The molecule has 0 radical (unpaired) electrons. The summed E-state index contributed by atoms with van der Waals surface area (Å²) in [6, 6.07) is 0.0704. The number of nitrogens with two attached hydrogens (primary N) is 1. The first-order chi connectivity index (χ1) is 8.77. The van der Waals surface area contributed by atoms with Crippen molar-refractivity contribution in [3.8, 4) is 0 Å². The molecule has 0 bridgehead atoms. The van der Waals surface area contributed by atoms with Crippen LogP contribution in [0.1, 0.15) is 26.2 Å². The summed E-state index contributed by atoms with van der Waals surface area (Å²) in [6.45, 7) is 4.28. The van der Waals surface area contributed by atoms with Crippen LogP contribution in [0.3, 0.4) is 0 Å². The van der Waals surface area contributed by atoms with E-state index in [1.54, 1.807) is 11.9 Å². The highest BCUT2D eigenvalue weighted by molar-refractivity contribution is 5.87.